The number of thiophene rings is 1. The van der Waals surface area contributed by atoms with Crippen molar-refractivity contribution in [1.29, 1.82) is 5.26 Å². The fourth-order valence-electron chi connectivity index (χ4n) is 4.42. The van der Waals surface area contributed by atoms with Crippen LogP contribution in [0.1, 0.15) is 50.5 Å². The third kappa shape index (κ3) is 4.15. The van der Waals surface area contributed by atoms with E-state index in [1.807, 2.05) is 6.07 Å². The molecule has 9 heteroatoms. The van der Waals surface area contributed by atoms with Crippen molar-refractivity contribution in [2.24, 2.45) is 0 Å². The van der Waals surface area contributed by atoms with E-state index in [0.717, 1.165) is 41.9 Å². The second-order valence-electron chi connectivity index (χ2n) is 7.86. The maximum absolute atomic E-state index is 13.6. The van der Waals surface area contributed by atoms with E-state index in [9.17, 15) is 18.0 Å². The minimum absolute atomic E-state index is 0.181. The Bertz CT molecular complexity index is 1100. The van der Waals surface area contributed by atoms with E-state index >= 15 is 0 Å². The van der Waals surface area contributed by atoms with Crippen LogP contribution >= 0.6 is 11.3 Å². The van der Waals surface area contributed by atoms with Gasteiger partial charge >= 0.3 is 0 Å². The highest BCUT2D eigenvalue weighted by Gasteiger charge is 2.49. The van der Waals surface area contributed by atoms with Crippen molar-refractivity contribution in [3.63, 3.8) is 0 Å². The number of hydrogen-bond donors (Lipinski definition) is 0. The molecule has 1 aliphatic heterocycles. The number of hydrogen-bond acceptors (Lipinski definition) is 6. The van der Waals surface area contributed by atoms with E-state index in [1.165, 1.54) is 16.4 Å². The molecule has 0 bridgehead atoms. The zero-order chi connectivity index (χ0) is 22.0. The molecule has 2 amide bonds. The lowest BCUT2D eigenvalue weighted by atomic mass is 10.1. The summed E-state index contributed by atoms with van der Waals surface area (Å²) in [7, 11) is -3.92. The van der Waals surface area contributed by atoms with Gasteiger partial charge in [-0.2, -0.15) is 9.57 Å². The lowest BCUT2D eigenvalue weighted by molar-refractivity contribution is -0.122. The van der Waals surface area contributed by atoms with Crippen molar-refractivity contribution in [3.8, 4) is 6.07 Å². The fourth-order valence-corrected chi connectivity index (χ4v) is 7.34. The minimum Gasteiger partial charge on any atom is -0.274 e. The van der Waals surface area contributed by atoms with Crippen LogP contribution in [0.3, 0.4) is 0 Å². The van der Waals surface area contributed by atoms with Gasteiger partial charge in [-0.15, -0.1) is 11.3 Å². The van der Waals surface area contributed by atoms with Crippen LogP contribution in [0, 0.1) is 11.3 Å². The molecule has 2 aliphatic rings. The highest BCUT2D eigenvalue weighted by Crippen LogP contribution is 2.35. The van der Waals surface area contributed by atoms with Crippen LogP contribution in [0.5, 0.6) is 0 Å². The van der Waals surface area contributed by atoms with E-state index < -0.39 is 27.9 Å². The minimum atomic E-state index is -3.92. The van der Waals surface area contributed by atoms with Crippen molar-refractivity contribution in [2.45, 2.75) is 61.2 Å². The molecule has 2 heterocycles. The summed E-state index contributed by atoms with van der Waals surface area (Å²) in [6.07, 6.45) is 5.06. The van der Waals surface area contributed by atoms with E-state index in [1.54, 1.807) is 29.6 Å². The molecule has 1 saturated heterocycles. The SMILES string of the molecule is N#Cc1ccc(N2C(=O)CC(N(C3CCCCCC3)S(=O)(=O)c3cccs3)C2=O)cc1. The van der Waals surface area contributed by atoms with Gasteiger partial charge in [0.1, 0.15) is 10.3 Å². The maximum atomic E-state index is 13.6. The van der Waals surface area contributed by atoms with Crippen molar-refractivity contribution in [3.05, 3.63) is 47.3 Å². The lowest BCUT2D eigenvalue weighted by Crippen LogP contribution is -2.50. The molecule has 0 radical (unpaired) electrons. The number of rotatable bonds is 5. The molecular formula is C22H23N3O4S2. The smallest absolute Gasteiger partial charge is 0.253 e. The van der Waals surface area contributed by atoms with Crippen molar-refractivity contribution in [1.82, 2.24) is 4.31 Å². The van der Waals surface area contributed by atoms with Crippen LogP contribution in [0.15, 0.2) is 46.0 Å². The lowest BCUT2D eigenvalue weighted by Gasteiger charge is -2.33. The Morgan fingerprint density at radius 2 is 1.71 bits per heavy atom. The fraction of sp³-hybridized carbons (Fsp3) is 0.409. The first-order valence-electron chi connectivity index (χ1n) is 10.4. The van der Waals surface area contributed by atoms with Crippen molar-refractivity contribution < 1.29 is 18.0 Å². The maximum Gasteiger partial charge on any atom is 0.253 e. The Morgan fingerprint density at radius 1 is 1.03 bits per heavy atom. The molecule has 1 saturated carbocycles. The van der Waals surface area contributed by atoms with Crippen LogP contribution < -0.4 is 4.90 Å². The molecule has 7 nitrogen and oxygen atoms in total. The highest BCUT2D eigenvalue weighted by molar-refractivity contribution is 7.91. The van der Waals surface area contributed by atoms with Gasteiger partial charge < -0.3 is 0 Å². The molecule has 1 atom stereocenters. The number of sulfonamides is 1. The number of carbonyl (C=O) groups excluding carboxylic acids is 2. The van der Waals surface area contributed by atoms with Crippen LogP contribution in [0.25, 0.3) is 0 Å². The van der Waals surface area contributed by atoms with Gasteiger partial charge in [-0.25, -0.2) is 13.3 Å². The first-order valence-corrected chi connectivity index (χ1v) is 12.7. The Morgan fingerprint density at radius 3 is 2.29 bits per heavy atom. The van der Waals surface area contributed by atoms with E-state index in [-0.39, 0.29) is 16.7 Å². The Balaban J connectivity index is 1.72. The van der Waals surface area contributed by atoms with Crippen LogP contribution in [0.2, 0.25) is 0 Å². The molecule has 2 aromatic rings. The summed E-state index contributed by atoms with van der Waals surface area (Å²) in [5, 5.41) is 10.7. The Hall–Kier alpha value is -2.54. The van der Waals surface area contributed by atoms with Gasteiger partial charge in [0.05, 0.1) is 23.7 Å². The number of nitriles is 1. The highest BCUT2D eigenvalue weighted by atomic mass is 32.2. The van der Waals surface area contributed by atoms with Gasteiger partial charge in [0.2, 0.25) is 5.91 Å². The zero-order valence-electron chi connectivity index (χ0n) is 16.9. The quantitative estimate of drug-likeness (QED) is 0.504. The summed E-state index contributed by atoms with van der Waals surface area (Å²) in [4.78, 5) is 27.3. The number of amides is 2. The second kappa shape index (κ2) is 8.91. The van der Waals surface area contributed by atoms with E-state index in [0.29, 0.717) is 24.1 Å². The number of carbonyl (C=O) groups is 2. The summed E-state index contributed by atoms with van der Waals surface area (Å²) >= 11 is 1.12. The average Bonchev–Trinajstić information content (AvgIpc) is 3.31. The molecule has 162 valence electrons. The predicted molar refractivity (Wildman–Crippen MR) is 117 cm³/mol. The van der Waals surface area contributed by atoms with Gasteiger partial charge in [-0.05, 0) is 48.6 Å². The number of imide groups is 1. The van der Waals surface area contributed by atoms with Crippen LogP contribution in [0.4, 0.5) is 5.69 Å². The summed E-state index contributed by atoms with van der Waals surface area (Å²) in [5.74, 6) is -0.959. The van der Waals surface area contributed by atoms with E-state index in [2.05, 4.69) is 0 Å². The summed E-state index contributed by atoms with van der Waals surface area (Å²) in [6.45, 7) is 0. The van der Waals surface area contributed by atoms with Gasteiger partial charge in [-0.3, -0.25) is 9.59 Å². The van der Waals surface area contributed by atoms with Crippen molar-refractivity contribution in [2.75, 3.05) is 4.90 Å². The van der Waals surface area contributed by atoms with E-state index in [4.69, 9.17) is 5.26 Å². The summed E-state index contributed by atoms with van der Waals surface area (Å²) in [6, 6.07) is 10.0. The number of anilines is 1. The molecule has 4 rings (SSSR count). The first-order chi connectivity index (χ1) is 14.9. The first kappa shape index (κ1) is 21.7. The monoisotopic (exact) mass is 457 g/mol. The Labute approximate surface area is 185 Å². The largest absolute Gasteiger partial charge is 0.274 e. The van der Waals surface area contributed by atoms with Crippen molar-refractivity contribution >= 4 is 38.9 Å². The average molecular weight is 458 g/mol. The second-order valence-corrected chi connectivity index (χ2v) is 10.9. The van der Waals surface area contributed by atoms with Gasteiger partial charge in [0.15, 0.2) is 0 Å². The molecule has 0 spiro atoms. The molecular weight excluding hydrogens is 434 g/mol. The molecule has 31 heavy (non-hydrogen) atoms. The van der Waals surface area contributed by atoms with Gasteiger partial charge in [0.25, 0.3) is 15.9 Å². The Kier molecular flexibility index (Phi) is 6.23. The molecule has 2 fully saturated rings. The van der Waals surface area contributed by atoms with Gasteiger partial charge in [-0.1, -0.05) is 31.7 Å². The normalized spacial score (nSPS) is 20.8. The predicted octanol–water partition coefficient (Wildman–Crippen LogP) is 3.67. The third-order valence-corrected chi connectivity index (χ3v) is 9.23. The molecule has 0 N–H and O–H groups in total. The summed E-state index contributed by atoms with van der Waals surface area (Å²) in [5.41, 5.74) is 0.769. The zero-order valence-corrected chi connectivity index (χ0v) is 18.6. The molecule has 1 aromatic carbocycles. The number of benzene rings is 1. The molecule has 1 unspecified atom stereocenters. The van der Waals surface area contributed by atoms with Crippen LogP contribution in [-0.4, -0.2) is 36.6 Å². The van der Waals surface area contributed by atoms with Gasteiger partial charge in [0, 0.05) is 6.04 Å². The number of nitrogens with zero attached hydrogens (tertiary/aromatic N) is 3. The molecule has 1 aromatic heterocycles. The standard InChI is InChI=1S/C22H23N3O4S2/c23-15-16-9-11-17(12-10-16)24-20(26)14-19(22(24)27)25(18-6-3-1-2-4-7-18)31(28,29)21-8-5-13-30-21/h5,8-13,18-19H,1-4,6-7,14H2. The third-order valence-electron chi connectivity index (χ3n) is 5.90. The summed E-state index contributed by atoms with van der Waals surface area (Å²) < 4.78 is 28.7. The topological polar surface area (TPSA) is 98.5 Å². The molecule has 1 aliphatic carbocycles. The van der Waals surface area contributed by atoms with Crippen LogP contribution in [-0.2, 0) is 19.6 Å².